The van der Waals surface area contributed by atoms with Crippen LogP contribution in [0.15, 0.2) is 59.1 Å². The van der Waals surface area contributed by atoms with Crippen LogP contribution in [0.1, 0.15) is 10.4 Å². The van der Waals surface area contributed by atoms with Gasteiger partial charge in [-0.2, -0.15) is 0 Å². The Kier molecular flexibility index (Phi) is 5.39. The SMILES string of the molecule is COc1ccc(C(=O)NC(=S)Nc2c(O)ccc3ccccc23)cc1Br. The molecule has 0 spiro atoms. The van der Waals surface area contributed by atoms with Gasteiger partial charge < -0.3 is 15.2 Å². The van der Waals surface area contributed by atoms with E-state index in [1.807, 2.05) is 30.3 Å². The number of fused-ring (bicyclic) bond motifs is 1. The van der Waals surface area contributed by atoms with E-state index in [0.717, 1.165) is 10.8 Å². The number of ether oxygens (including phenoxy) is 1. The number of phenols is 1. The van der Waals surface area contributed by atoms with Crippen molar-refractivity contribution in [1.29, 1.82) is 0 Å². The standard InChI is InChI=1S/C19H15BrN2O3S/c1-25-16-9-7-12(10-14(16)20)18(24)22-19(26)21-17-13-5-3-2-4-11(13)6-8-15(17)23/h2-10,23H,1H3,(H2,21,22,24,26). The Morgan fingerprint density at radius 3 is 2.65 bits per heavy atom. The molecular weight excluding hydrogens is 416 g/mol. The minimum Gasteiger partial charge on any atom is -0.506 e. The Balaban J connectivity index is 1.78. The lowest BCUT2D eigenvalue weighted by Gasteiger charge is -2.14. The van der Waals surface area contributed by atoms with E-state index in [9.17, 15) is 9.90 Å². The quantitative estimate of drug-likeness (QED) is 0.423. The van der Waals surface area contributed by atoms with Crippen molar-refractivity contribution >= 4 is 55.6 Å². The van der Waals surface area contributed by atoms with Crippen molar-refractivity contribution in [1.82, 2.24) is 5.32 Å². The van der Waals surface area contributed by atoms with E-state index in [1.54, 1.807) is 31.4 Å². The fourth-order valence-corrected chi connectivity index (χ4v) is 3.25. The normalized spacial score (nSPS) is 10.4. The van der Waals surface area contributed by atoms with Gasteiger partial charge in [-0.25, -0.2) is 0 Å². The highest BCUT2D eigenvalue weighted by atomic mass is 79.9. The maximum Gasteiger partial charge on any atom is 0.257 e. The van der Waals surface area contributed by atoms with Crippen molar-refractivity contribution < 1.29 is 14.6 Å². The van der Waals surface area contributed by atoms with Gasteiger partial charge in [0.05, 0.1) is 17.3 Å². The third kappa shape index (κ3) is 3.79. The molecule has 0 aliphatic heterocycles. The van der Waals surface area contributed by atoms with Crippen LogP contribution in [0.25, 0.3) is 10.8 Å². The largest absolute Gasteiger partial charge is 0.506 e. The number of rotatable bonds is 3. The highest BCUT2D eigenvalue weighted by molar-refractivity contribution is 9.10. The second kappa shape index (κ2) is 7.72. The summed E-state index contributed by atoms with van der Waals surface area (Å²) < 4.78 is 5.81. The smallest absolute Gasteiger partial charge is 0.257 e. The third-order valence-electron chi connectivity index (χ3n) is 3.79. The summed E-state index contributed by atoms with van der Waals surface area (Å²) in [5.74, 6) is 0.306. The van der Waals surface area contributed by atoms with Crippen molar-refractivity contribution in [2.75, 3.05) is 12.4 Å². The molecule has 0 aliphatic rings. The van der Waals surface area contributed by atoms with Crippen LogP contribution in [0.5, 0.6) is 11.5 Å². The van der Waals surface area contributed by atoms with E-state index in [2.05, 4.69) is 26.6 Å². The van der Waals surface area contributed by atoms with E-state index < -0.39 is 0 Å². The molecule has 3 N–H and O–H groups in total. The van der Waals surface area contributed by atoms with Crippen LogP contribution < -0.4 is 15.4 Å². The number of amides is 1. The number of halogens is 1. The third-order valence-corrected chi connectivity index (χ3v) is 4.61. The predicted molar refractivity (Wildman–Crippen MR) is 110 cm³/mol. The van der Waals surface area contributed by atoms with Gasteiger partial charge in [0.1, 0.15) is 11.5 Å². The van der Waals surface area contributed by atoms with E-state index in [4.69, 9.17) is 17.0 Å². The molecular formula is C19H15BrN2O3S. The molecule has 1 amide bonds. The first-order valence-electron chi connectivity index (χ1n) is 7.66. The first-order valence-corrected chi connectivity index (χ1v) is 8.86. The van der Waals surface area contributed by atoms with Crippen LogP contribution in [0, 0.1) is 0 Å². The van der Waals surface area contributed by atoms with Crippen LogP contribution in [-0.4, -0.2) is 23.2 Å². The van der Waals surface area contributed by atoms with E-state index in [-0.39, 0.29) is 16.8 Å². The van der Waals surface area contributed by atoms with Gasteiger partial charge in [-0.1, -0.05) is 30.3 Å². The maximum atomic E-state index is 12.4. The average molecular weight is 431 g/mol. The summed E-state index contributed by atoms with van der Waals surface area (Å²) in [6.45, 7) is 0. The van der Waals surface area contributed by atoms with Gasteiger partial charge >= 0.3 is 0 Å². The first-order chi connectivity index (χ1) is 12.5. The van der Waals surface area contributed by atoms with Crippen molar-refractivity contribution in [2.45, 2.75) is 0 Å². The number of aromatic hydroxyl groups is 1. The Morgan fingerprint density at radius 2 is 1.92 bits per heavy atom. The number of hydrogen-bond donors (Lipinski definition) is 3. The molecule has 7 heteroatoms. The van der Waals surface area contributed by atoms with Gasteiger partial charge in [0.25, 0.3) is 5.91 Å². The van der Waals surface area contributed by atoms with Gasteiger partial charge in [-0.3, -0.25) is 10.1 Å². The van der Waals surface area contributed by atoms with Crippen molar-refractivity contribution in [3.05, 3.63) is 64.6 Å². The van der Waals surface area contributed by atoms with Crippen LogP contribution in [-0.2, 0) is 0 Å². The number of benzene rings is 3. The first kappa shape index (κ1) is 18.2. The number of carbonyl (C=O) groups excluding carboxylic acids is 1. The molecule has 0 bridgehead atoms. The molecule has 0 aromatic heterocycles. The fraction of sp³-hybridized carbons (Fsp3) is 0.0526. The monoisotopic (exact) mass is 430 g/mol. The zero-order chi connectivity index (χ0) is 18.7. The fourth-order valence-electron chi connectivity index (χ4n) is 2.52. The number of carbonyl (C=O) groups is 1. The predicted octanol–water partition coefficient (Wildman–Crippen LogP) is 4.44. The highest BCUT2D eigenvalue weighted by Crippen LogP contribution is 2.32. The molecule has 3 rings (SSSR count). The number of thiocarbonyl (C=S) groups is 1. The Labute approximate surface area is 164 Å². The molecule has 0 atom stereocenters. The summed E-state index contributed by atoms with van der Waals surface area (Å²) in [7, 11) is 1.55. The maximum absolute atomic E-state index is 12.4. The van der Waals surface area contributed by atoms with E-state index >= 15 is 0 Å². The lowest BCUT2D eigenvalue weighted by Crippen LogP contribution is -2.34. The summed E-state index contributed by atoms with van der Waals surface area (Å²) >= 11 is 8.57. The molecule has 132 valence electrons. The van der Waals surface area contributed by atoms with Crippen LogP contribution in [0.4, 0.5) is 5.69 Å². The summed E-state index contributed by atoms with van der Waals surface area (Å²) in [6.07, 6.45) is 0. The van der Waals surface area contributed by atoms with E-state index in [0.29, 0.717) is 21.5 Å². The Bertz CT molecular complexity index is 1010. The van der Waals surface area contributed by atoms with Crippen LogP contribution >= 0.6 is 28.1 Å². The molecule has 0 saturated carbocycles. The molecule has 0 aliphatic carbocycles. The number of methoxy groups -OCH3 is 1. The second-order valence-corrected chi connectivity index (χ2v) is 6.70. The molecule has 26 heavy (non-hydrogen) atoms. The van der Waals surface area contributed by atoms with Crippen molar-refractivity contribution in [2.24, 2.45) is 0 Å². The molecule has 0 unspecified atom stereocenters. The van der Waals surface area contributed by atoms with Crippen molar-refractivity contribution in [3.8, 4) is 11.5 Å². The summed E-state index contributed by atoms with van der Waals surface area (Å²) in [4.78, 5) is 12.4. The second-order valence-electron chi connectivity index (χ2n) is 5.44. The lowest BCUT2D eigenvalue weighted by atomic mass is 10.1. The molecule has 0 heterocycles. The van der Waals surface area contributed by atoms with Gasteiger partial charge in [0.2, 0.25) is 0 Å². The van der Waals surface area contributed by atoms with Crippen LogP contribution in [0.2, 0.25) is 0 Å². The number of nitrogens with one attached hydrogen (secondary N) is 2. The van der Waals surface area contributed by atoms with Gasteiger partial charge in [0, 0.05) is 10.9 Å². The van der Waals surface area contributed by atoms with Gasteiger partial charge in [-0.05, 0) is 57.8 Å². The number of anilines is 1. The van der Waals surface area contributed by atoms with Gasteiger partial charge in [0.15, 0.2) is 5.11 Å². The Hall–Kier alpha value is -2.64. The number of phenolic OH excluding ortho intramolecular Hbond substituents is 1. The van der Waals surface area contributed by atoms with Gasteiger partial charge in [-0.15, -0.1) is 0 Å². The summed E-state index contributed by atoms with van der Waals surface area (Å²) in [5, 5.41) is 17.5. The molecule has 3 aromatic rings. The zero-order valence-electron chi connectivity index (χ0n) is 13.7. The molecule has 0 radical (unpaired) electrons. The Morgan fingerprint density at radius 1 is 1.15 bits per heavy atom. The summed E-state index contributed by atoms with van der Waals surface area (Å²) in [5.41, 5.74) is 0.869. The zero-order valence-corrected chi connectivity index (χ0v) is 16.1. The van der Waals surface area contributed by atoms with Crippen molar-refractivity contribution in [3.63, 3.8) is 0 Å². The minimum atomic E-state index is -0.370. The summed E-state index contributed by atoms with van der Waals surface area (Å²) in [6, 6.07) is 15.9. The molecule has 0 saturated heterocycles. The minimum absolute atomic E-state index is 0.0486. The lowest BCUT2D eigenvalue weighted by molar-refractivity contribution is 0.0977. The van der Waals surface area contributed by atoms with E-state index in [1.165, 1.54) is 0 Å². The molecule has 3 aromatic carbocycles. The topological polar surface area (TPSA) is 70.6 Å². The molecule has 0 fully saturated rings. The number of hydrogen-bond acceptors (Lipinski definition) is 4. The highest BCUT2D eigenvalue weighted by Gasteiger charge is 2.13. The van der Waals surface area contributed by atoms with Crippen LogP contribution in [0.3, 0.4) is 0 Å². The molecule has 5 nitrogen and oxygen atoms in total. The average Bonchev–Trinajstić information content (AvgIpc) is 2.64.